The van der Waals surface area contributed by atoms with Crippen molar-refractivity contribution in [3.05, 3.63) is 48.0 Å². The molecule has 1 aliphatic rings. The molecule has 0 aromatic heterocycles. The van der Waals surface area contributed by atoms with Crippen LogP contribution in [0.25, 0.3) is 0 Å². The molecule has 1 aliphatic carbocycles. The lowest BCUT2D eigenvalue weighted by Gasteiger charge is -2.18. The smallest absolute Gasteiger partial charge is 0.127 e. The third-order valence-electron chi connectivity index (χ3n) is 2.88. The molecular weight excluding hydrogens is 188 g/mol. The second kappa shape index (κ2) is 4.22. The number of rotatable bonds is 3. The fourth-order valence-corrected chi connectivity index (χ4v) is 2.13. The Balaban J connectivity index is 2.33. The van der Waals surface area contributed by atoms with Crippen LogP contribution in [0, 0.1) is 11.8 Å². The van der Waals surface area contributed by atoms with Crippen LogP contribution in [0.5, 0.6) is 0 Å². The molecule has 0 aliphatic heterocycles. The first-order valence-electron chi connectivity index (χ1n) is 5.00. The van der Waals surface area contributed by atoms with Gasteiger partial charge in [-0.2, -0.15) is 0 Å². The van der Waals surface area contributed by atoms with E-state index in [4.69, 9.17) is 0 Å². The Morgan fingerprint density at radius 2 is 1.40 bits per heavy atom. The van der Waals surface area contributed by atoms with E-state index < -0.39 is 0 Å². The maximum Gasteiger partial charge on any atom is 0.127 e. The SMILES string of the molecule is O=C[C@@H]1C=C[C@H](C=O)C1c1ccccc1. The Kier molecular flexibility index (Phi) is 2.77. The van der Waals surface area contributed by atoms with E-state index in [1.165, 1.54) is 0 Å². The molecule has 15 heavy (non-hydrogen) atoms. The van der Waals surface area contributed by atoms with Crippen LogP contribution in [0.2, 0.25) is 0 Å². The van der Waals surface area contributed by atoms with E-state index in [0.29, 0.717) is 0 Å². The lowest BCUT2D eigenvalue weighted by molar-refractivity contribution is -0.112. The molecule has 3 atom stereocenters. The lowest BCUT2D eigenvalue weighted by Crippen LogP contribution is -2.16. The van der Waals surface area contributed by atoms with Gasteiger partial charge >= 0.3 is 0 Å². The molecule has 1 aromatic carbocycles. The monoisotopic (exact) mass is 200 g/mol. The number of carbonyl (C=O) groups is 2. The quantitative estimate of drug-likeness (QED) is 0.552. The topological polar surface area (TPSA) is 34.1 Å². The molecule has 0 N–H and O–H groups in total. The van der Waals surface area contributed by atoms with Crippen LogP contribution in [-0.2, 0) is 9.59 Å². The van der Waals surface area contributed by atoms with Crippen molar-refractivity contribution in [2.24, 2.45) is 11.8 Å². The average Bonchev–Trinajstić information content (AvgIpc) is 2.72. The molecular formula is C13H12O2. The van der Waals surface area contributed by atoms with Crippen molar-refractivity contribution in [1.29, 1.82) is 0 Å². The van der Waals surface area contributed by atoms with Crippen molar-refractivity contribution in [1.82, 2.24) is 0 Å². The fourth-order valence-electron chi connectivity index (χ4n) is 2.13. The summed E-state index contributed by atoms with van der Waals surface area (Å²) in [6.07, 6.45) is 5.48. The highest BCUT2D eigenvalue weighted by molar-refractivity contribution is 5.68. The molecule has 0 fully saturated rings. The van der Waals surface area contributed by atoms with Crippen LogP contribution < -0.4 is 0 Å². The average molecular weight is 200 g/mol. The predicted molar refractivity (Wildman–Crippen MR) is 57.4 cm³/mol. The van der Waals surface area contributed by atoms with Gasteiger partial charge in [-0.1, -0.05) is 42.5 Å². The second-order valence-corrected chi connectivity index (χ2v) is 3.75. The first-order valence-corrected chi connectivity index (χ1v) is 5.00. The molecule has 0 saturated heterocycles. The summed E-state index contributed by atoms with van der Waals surface area (Å²) in [5, 5.41) is 0. The van der Waals surface area contributed by atoms with Gasteiger partial charge in [0.15, 0.2) is 0 Å². The van der Waals surface area contributed by atoms with E-state index in [9.17, 15) is 9.59 Å². The molecule has 76 valence electrons. The lowest BCUT2D eigenvalue weighted by atomic mass is 9.83. The first kappa shape index (κ1) is 9.84. The summed E-state index contributed by atoms with van der Waals surface area (Å²) in [7, 11) is 0. The molecule has 1 aromatic rings. The maximum absolute atomic E-state index is 10.9. The van der Waals surface area contributed by atoms with Crippen LogP contribution in [0.4, 0.5) is 0 Å². The molecule has 2 heteroatoms. The van der Waals surface area contributed by atoms with E-state index in [2.05, 4.69) is 0 Å². The van der Waals surface area contributed by atoms with Gasteiger partial charge in [0, 0.05) is 17.8 Å². The van der Waals surface area contributed by atoms with Crippen molar-refractivity contribution in [3.63, 3.8) is 0 Å². The standard InChI is InChI=1S/C13H12O2/c14-8-11-6-7-12(9-15)13(11)10-4-2-1-3-5-10/h1-9,11-13H/t11-,12+,13?. The highest BCUT2D eigenvalue weighted by Gasteiger charge is 2.32. The third-order valence-corrected chi connectivity index (χ3v) is 2.88. The highest BCUT2D eigenvalue weighted by Crippen LogP contribution is 2.37. The van der Waals surface area contributed by atoms with Gasteiger partial charge in [-0.15, -0.1) is 0 Å². The van der Waals surface area contributed by atoms with Crippen LogP contribution in [-0.4, -0.2) is 12.6 Å². The van der Waals surface area contributed by atoms with Gasteiger partial charge in [-0.25, -0.2) is 0 Å². The number of aldehydes is 2. The summed E-state index contributed by atoms with van der Waals surface area (Å²) in [6.45, 7) is 0. The van der Waals surface area contributed by atoms with Crippen LogP contribution in [0.15, 0.2) is 42.5 Å². The zero-order valence-electron chi connectivity index (χ0n) is 8.24. The van der Waals surface area contributed by atoms with Gasteiger partial charge in [0.1, 0.15) is 12.6 Å². The summed E-state index contributed by atoms with van der Waals surface area (Å²) in [6, 6.07) is 9.71. The van der Waals surface area contributed by atoms with Crippen LogP contribution in [0.1, 0.15) is 11.5 Å². The van der Waals surface area contributed by atoms with Gasteiger partial charge < -0.3 is 9.59 Å². The van der Waals surface area contributed by atoms with Gasteiger partial charge in [-0.3, -0.25) is 0 Å². The summed E-state index contributed by atoms with van der Waals surface area (Å²) in [5.41, 5.74) is 1.05. The van der Waals surface area contributed by atoms with Gasteiger partial charge in [0.25, 0.3) is 0 Å². The number of carbonyl (C=O) groups excluding carboxylic acids is 2. The molecule has 0 radical (unpaired) electrons. The Morgan fingerprint density at radius 1 is 0.867 bits per heavy atom. The van der Waals surface area contributed by atoms with Crippen molar-refractivity contribution in [2.45, 2.75) is 5.92 Å². The first-order chi connectivity index (χ1) is 7.36. The minimum absolute atomic E-state index is 0.0128. The molecule has 0 saturated carbocycles. The highest BCUT2D eigenvalue weighted by atomic mass is 16.1. The van der Waals surface area contributed by atoms with Crippen LogP contribution >= 0.6 is 0 Å². The van der Waals surface area contributed by atoms with Gasteiger partial charge in [0.2, 0.25) is 0 Å². The van der Waals surface area contributed by atoms with E-state index >= 15 is 0 Å². The molecule has 0 bridgehead atoms. The summed E-state index contributed by atoms with van der Waals surface area (Å²) in [4.78, 5) is 21.8. The summed E-state index contributed by atoms with van der Waals surface area (Å²) >= 11 is 0. The molecule has 2 rings (SSSR count). The van der Waals surface area contributed by atoms with E-state index in [0.717, 1.165) is 18.1 Å². The van der Waals surface area contributed by atoms with E-state index in [-0.39, 0.29) is 17.8 Å². The summed E-state index contributed by atoms with van der Waals surface area (Å²) < 4.78 is 0. The normalized spacial score (nSPS) is 28.9. The van der Waals surface area contributed by atoms with E-state index in [1.54, 1.807) is 0 Å². The Bertz CT molecular complexity index is 363. The van der Waals surface area contributed by atoms with Crippen LogP contribution in [0.3, 0.4) is 0 Å². The Hall–Kier alpha value is -1.70. The van der Waals surface area contributed by atoms with E-state index in [1.807, 2.05) is 42.5 Å². The van der Waals surface area contributed by atoms with Crippen molar-refractivity contribution < 1.29 is 9.59 Å². The van der Waals surface area contributed by atoms with Gasteiger partial charge in [-0.05, 0) is 5.56 Å². The zero-order chi connectivity index (χ0) is 10.7. The minimum Gasteiger partial charge on any atom is -0.303 e. The molecule has 2 nitrogen and oxygen atoms in total. The molecule has 0 spiro atoms. The summed E-state index contributed by atoms with van der Waals surface area (Å²) in [5.74, 6) is -0.341. The third kappa shape index (κ3) is 1.75. The Labute approximate surface area is 88.6 Å². The molecule has 1 unspecified atom stereocenters. The predicted octanol–water partition coefficient (Wildman–Crippen LogP) is 1.97. The fraction of sp³-hybridized carbons (Fsp3) is 0.231. The van der Waals surface area contributed by atoms with Crippen molar-refractivity contribution in [2.75, 3.05) is 0 Å². The zero-order valence-corrected chi connectivity index (χ0v) is 8.24. The van der Waals surface area contributed by atoms with Crippen molar-refractivity contribution >= 4 is 12.6 Å². The number of benzene rings is 1. The maximum atomic E-state index is 10.9. The Morgan fingerprint density at radius 3 is 1.87 bits per heavy atom. The minimum atomic E-state index is -0.164. The number of hydrogen-bond donors (Lipinski definition) is 0. The molecule has 0 heterocycles. The number of hydrogen-bond acceptors (Lipinski definition) is 2. The largest absolute Gasteiger partial charge is 0.303 e. The number of allylic oxidation sites excluding steroid dienone is 2. The second-order valence-electron chi connectivity index (χ2n) is 3.75. The van der Waals surface area contributed by atoms with Crippen molar-refractivity contribution in [3.8, 4) is 0 Å². The van der Waals surface area contributed by atoms with Gasteiger partial charge in [0.05, 0.1) is 0 Å². The molecule has 0 amide bonds.